The Morgan fingerprint density at radius 3 is 1.35 bits per heavy atom. The molecule has 0 fully saturated rings. The third kappa shape index (κ3) is 7.30. The maximum absolute atomic E-state index is 5.72. The van der Waals surface area contributed by atoms with Gasteiger partial charge >= 0.3 is 0 Å². The fraction of sp³-hybridized carbons (Fsp3) is 0.250. The molecular formula is C16H17I2O2PS2. The Morgan fingerprint density at radius 2 is 1.04 bits per heavy atom. The van der Waals surface area contributed by atoms with Crippen molar-refractivity contribution in [2.45, 2.75) is 22.1 Å². The van der Waals surface area contributed by atoms with E-state index in [4.69, 9.17) is 20.9 Å². The van der Waals surface area contributed by atoms with Crippen molar-refractivity contribution in [2.24, 2.45) is 0 Å². The Labute approximate surface area is 175 Å². The monoisotopic (exact) mass is 590 g/mol. The van der Waals surface area contributed by atoms with E-state index in [2.05, 4.69) is 106 Å². The molecule has 0 spiro atoms. The highest BCUT2D eigenvalue weighted by Crippen LogP contribution is 2.54. The highest BCUT2D eigenvalue weighted by atomic mass is 127. The van der Waals surface area contributed by atoms with Gasteiger partial charge in [0.1, 0.15) is 0 Å². The largest absolute Gasteiger partial charge is 0.317 e. The molecule has 2 aromatic rings. The number of halogens is 2. The molecule has 0 bridgehead atoms. The predicted molar refractivity (Wildman–Crippen MR) is 121 cm³/mol. The van der Waals surface area contributed by atoms with Gasteiger partial charge in [-0.1, -0.05) is 106 Å². The van der Waals surface area contributed by atoms with Crippen LogP contribution in [0.5, 0.6) is 0 Å². The quantitative estimate of drug-likeness (QED) is 0.165. The third-order valence-corrected chi connectivity index (χ3v) is 7.14. The van der Waals surface area contributed by atoms with Crippen LogP contribution in [0.15, 0.2) is 48.5 Å². The van der Waals surface area contributed by atoms with E-state index in [1.807, 2.05) is 0 Å². The Kier molecular flexibility index (Phi) is 8.83. The Morgan fingerprint density at radius 1 is 0.739 bits per heavy atom. The minimum atomic E-state index is -2.54. The molecule has 0 amide bonds. The highest BCUT2D eigenvalue weighted by Gasteiger charge is 2.13. The summed E-state index contributed by atoms with van der Waals surface area (Å²) in [5.74, 6) is 0. The van der Waals surface area contributed by atoms with Crippen molar-refractivity contribution in [1.82, 2.24) is 0 Å². The van der Waals surface area contributed by atoms with E-state index in [1.165, 1.54) is 11.1 Å². The first kappa shape index (κ1) is 20.1. The van der Waals surface area contributed by atoms with E-state index < -0.39 is 5.69 Å². The smallest absolute Gasteiger partial charge is 0.244 e. The Balaban J connectivity index is 1.84. The molecule has 2 aromatic carbocycles. The van der Waals surface area contributed by atoms with Gasteiger partial charge in [-0.2, -0.15) is 0 Å². The van der Waals surface area contributed by atoms with Crippen LogP contribution in [-0.4, -0.2) is 0 Å². The zero-order valence-electron chi connectivity index (χ0n) is 12.3. The van der Waals surface area contributed by atoms with Crippen LogP contribution in [0, 0.1) is 0 Å². The maximum Gasteiger partial charge on any atom is 0.244 e. The predicted octanol–water partition coefficient (Wildman–Crippen LogP) is 6.44. The molecule has 0 aliphatic rings. The first-order chi connectivity index (χ1) is 11.0. The second-order valence-corrected chi connectivity index (χ2v) is 11.7. The first-order valence-electron chi connectivity index (χ1n) is 6.92. The number of hydrogen-bond donors (Lipinski definition) is 1. The second kappa shape index (κ2) is 10.1. The molecule has 0 N–H and O–H groups in total. The van der Waals surface area contributed by atoms with Gasteiger partial charge in [0, 0.05) is 8.86 Å². The van der Waals surface area contributed by atoms with Crippen molar-refractivity contribution < 1.29 is 9.05 Å². The van der Waals surface area contributed by atoms with Crippen LogP contribution in [0.4, 0.5) is 0 Å². The Bertz CT molecular complexity index is 607. The van der Waals surface area contributed by atoms with E-state index in [9.17, 15) is 0 Å². The molecule has 0 heterocycles. The van der Waals surface area contributed by atoms with Gasteiger partial charge in [0.15, 0.2) is 0 Å². The van der Waals surface area contributed by atoms with E-state index in [0.717, 1.165) is 20.0 Å². The molecule has 0 aromatic heterocycles. The van der Waals surface area contributed by atoms with E-state index >= 15 is 0 Å². The van der Waals surface area contributed by atoms with Crippen LogP contribution in [0.25, 0.3) is 0 Å². The summed E-state index contributed by atoms with van der Waals surface area (Å²) in [6, 6.07) is 16.6. The van der Waals surface area contributed by atoms with Crippen molar-refractivity contribution in [3.05, 3.63) is 70.8 Å². The lowest BCUT2D eigenvalue weighted by molar-refractivity contribution is 0.246. The molecule has 0 aliphatic carbocycles. The highest BCUT2D eigenvalue weighted by molar-refractivity contribution is 14.1. The van der Waals surface area contributed by atoms with Gasteiger partial charge < -0.3 is 9.05 Å². The van der Waals surface area contributed by atoms with Crippen LogP contribution in [-0.2, 0) is 42.9 Å². The normalized spacial score (nSPS) is 11.6. The van der Waals surface area contributed by atoms with Gasteiger partial charge in [0.2, 0.25) is 5.69 Å². The molecule has 0 aliphatic heterocycles. The van der Waals surface area contributed by atoms with Crippen molar-refractivity contribution in [1.29, 1.82) is 0 Å². The van der Waals surface area contributed by atoms with Gasteiger partial charge in [-0.25, -0.2) is 0 Å². The molecule has 0 saturated heterocycles. The second-order valence-electron chi connectivity index (χ2n) is 4.92. The number of hydrogen-bond acceptors (Lipinski definition) is 3. The van der Waals surface area contributed by atoms with Gasteiger partial charge in [-0.15, -0.1) is 0 Å². The molecule has 0 atom stereocenters. The summed E-state index contributed by atoms with van der Waals surface area (Å²) >= 11 is 14.5. The van der Waals surface area contributed by atoms with Crippen LogP contribution in [0.1, 0.15) is 22.3 Å². The molecule has 124 valence electrons. The van der Waals surface area contributed by atoms with Crippen LogP contribution in [0.3, 0.4) is 0 Å². The summed E-state index contributed by atoms with van der Waals surface area (Å²) in [6.45, 7) is 0.853. The Hall–Kier alpha value is 0.820. The number of alkyl halides is 2. The average Bonchev–Trinajstić information content (AvgIpc) is 2.59. The van der Waals surface area contributed by atoms with E-state index in [0.29, 0.717) is 13.2 Å². The minimum Gasteiger partial charge on any atom is -0.317 e. The average molecular weight is 590 g/mol. The zero-order valence-corrected chi connectivity index (χ0v) is 19.2. The molecule has 2 nitrogen and oxygen atoms in total. The summed E-state index contributed by atoms with van der Waals surface area (Å²) in [5, 5.41) is 0. The van der Waals surface area contributed by atoms with Crippen LogP contribution < -0.4 is 0 Å². The summed E-state index contributed by atoms with van der Waals surface area (Å²) in [4.78, 5) is 0. The molecule has 0 unspecified atom stereocenters. The van der Waals surface area contributed by atoms with E-state index in [1.54, 1.807) is 0 Å². The SMILES string of the molecule is S=P(S)(OCc1ccc(CI)cc1)OCc1ccc(CI)cc1. The number of rotatable bonds is 8. The fourth-order valence-corrected chi connectivity index (χ4v) is 4.18. The molecule has 7 heteroatoms. The van der Waals surface area contributed by atoms with Gasteiger partial charge in [0.25, 0.3) is 0 Å². The van der Waals surface area contributed by atoms with Gasteiger partial charge in [-0.3, -0.25) is 0 Å². The topological polar surface area (TPSA) is 18.5 Å². The van der Waals surface area contributed by atoms with Gasteiger partial charge in [0.05, 0.1) is 13.2 Å². The number of thiol groups is 1. The molecular weight excluding hydrogens is 573 g/mol. The summed E-state index contributed by atoms with van der Waals surface area (Å²) < 4.78 is 13.4. The molecule has 0 saturated carbocycles. The lowest BCUT2D eigenvalue weighted by Crippen LogP contribution is -1.94. The molecule has 23 heavy (non-hydrogen) atoms. The van der Waals surface area contributed by atoms with Crippen molar-refractivity contribution in [3.63, 3.8) is 0 Å². The van der Waals surface area contributed by atoms with Crippen molar-refractivity contribution in [2.75, 3.05) is 0 Å². The van der Waals surface area contributed by atoms with Crippen molar-refractivity contribution >= 4 is 74.9 Å². The van der Waals surface area contributed by atoms with E-state index in [-0.39, 0.29) is 0 Å². The standard InChI is InChI=1S/C16H17I2O2PS2/c17-9-13-1-5-15(6-2-13)11-19-21(22,23)20-12-16-7-3-14(10-18)4-8-16/h1-8H,9-12H2,(H,22,23). The van der Waals surface area contributed by atoms with Crippen LogP contribution in [0.2, 0.25) is 0 Å². The summed E-state index contributed by atoms with van der Waals surface area (Å²) in [6.07, 6.45) is 0. The minimum absolute atomic E-state index is 0.427. The maximum atomic E-state index is 5.72. The molecule has 0 radical (unpaired) electrons. The van der Waals surface area contributed by atoms with Crippen molar-refractivity contribution in [3.8, 4) is 0 Å². The zero-order chi connectivity index (χ0) is 16.7. The number of benzene rings is 2. The van der Waals surface area contributed by atoms with Gasteiger partial charge in [-0.05, 0) is 34.1 Å². The lowest BCUT2D eigenvalue weighted by Gasteiger charge is -2.17. The summed E-state index contributed by atoms with van der Waals surface area (Å²) in [7, 11) is 0. The van der Waals surface area contributed by atoms with Crippen LogP contribution >= 0.6 is 63.1 Å². The lowest BCUT2D eigenvalue weighted by atomic mass is 10.2. The molecule has 2 rings (SSSR count). The third-order valence-electron chi connectivity index (χ3n) is 3.14. The first-order valence-corrected chi connectivity index (χ1v) is 13.8. The fourth-order valence-electron chi connectivity index (χ4n) is 1.80. The summed E-state index contributed by atoms with van der Waals surface area (Å²) in [5.41, 5.74) is 2.22.